The molecule has 0 saturated heterocycles. The van der Waals surface area contributed by atoms with Crippen LogP contribution >= 0.6 is 34.5 Å². The first-order chi connectivity index (χ1) is 10.8. The number of carbonyl (C=O) groups is 2. The van der Waals surface area contributed by atoms with Gasteiger partial charge in [-0.05, 0) is 6.07 Å². The Kier molecular flexibility index (Phi) is 5.39. The van der Waals surface area contributed by atoms with Crippen LogP contribution in [-0.4, -0.2) is 31.1 Å². The lowest BCUT2D eigenvalue weighted by Crippen LogP contribution is -2.16. The molecule has 0 aliphatic rings. The third-order valence-electron chi connectivity index (χ3n) is 3.36. The zero-order valence-electron chi connectivity index (χ0n) is 12.6. The number of Topliss-reactive ketones (excluding diaryl/α,β-unsaturated/α-hetero) is 1. The predicted molar refractivity (Wildman–Crippen MR) is 90.2 cm³/mol. The largest absolute Gasteiger partial charge is 0.503 e. The van der Waals surface area contributed by atoms with Gasteiger partial charge in [-0.1, -0.05) is 30.1 Å². The third kappa shape index (κ3) is 3.24. The number of hydrogen-bond acceptors (Lipinski definition) is 6. The number of hydrogen-bond donors (Lipinski definition) is 1. The van der Waals surface area contributed by atoms with E-state index in [4.69, 9.17) is 27.9 Å². The van der Waals surface area contributed by atoms with Gasteiger partial charge in [0.1, 0.15) is 5.02 Å². The molecule has 1 heterocycles. The lowest BCUT2D eigenvalue weighted by atomic mass is 10.0. The molecular formula is C15H14Cl2O5S. The SMILES string of the molecule is COC(=O)[C@@H](C)CC(=O)c1cc2c(Cl)c(O)c(OC)c(Cl)c2s1. The molecule has 124 valence electrons. The van der Waals surface area contributed by atoms with Crippen LogP contribution in [0.2, 0.25) is 10.0 Å². The maximum absolute atomic E-state index is 12.3. The topological polar surface area (TPSA) is 72.8 Å². The average molecular weight is 377 g/mol. The fourth-order valence-corrected chi connectivity index (χ4v) is 3.86. The summed E-state index contributed by atoms with van der Waals surface area (Å²) >= 11 is 13.4. The number of carbonyl (C=O) groups excluding carboxylic acids is 2. The van der Waals surface area contributed by atoms with Crippen molar-refractivity contribution in [3.63, 3.8) is 0 Å². The Bertz CT molecular complexity index is 784. The summed E-state index contributed by atoms with van der Waals surface area (Å²) < 4.78 is 10.2. The maximum atomic E-state index is 12.3. The Balaban J connectivity index is 2.45. The number of thiophene rings is 1. The van der Waals surface area contributed by atoms with Crippen molar-refractivity contribution in [3.8, 4) is 11.5 Å². The van der Waals surface area contributed by atoms with Crippen LogP contribution in [0.15, 0.2) is 6.07 Å². The van der Waals surface area contributed by atoms with E-state index in [1.165, 1.54) is 14.2 Å². The van der Waals surface area contributed by atoms with Gasteiger partial charge in [-0.3, -0.25) is 9.59 Å². The molecular weight excluding hydrogens is 363 g/mol. The molecule has 1 aromatic carbocycles. The number of methoxy groups -OCH3 is 2. The molecule has 0 bridgehead atoms. The van der Waals surface area contributed by atoms with Crippen LogP contribution in [0.3, 0.4) is 0 Å². The van der Waals surface area contributed by atoms with Crippen LogP contribution in [0.25, 0.3) is 10.1 Å². The fourth-order valence-electron chi connectivity index (χ4n) is 2.14. The predicted octanol–water partition coefficient (Wildman–Crippen LogP) is 4.30. The van der Waals surface area contributed by atoms with E-state index in [1.54, 1.807) is 13.0 Å². The van der Waals surface area contributed by atoms with Crippen LogP contribution < -0.4 is 4.74 Å². The fraction of sp³-hybridized carbons (Fsp3) is 0.333. The van der Waals surface area contributed by atoms with Gasteiger partial charge in [0, 0.05) is 11.8 Å². The summed E-state index contributed by atoms with van der Waals surface area (Å²) in [6, 6.07) is 1.56. The van der Waals surface area contributed by atoms with Gasteiger partial charge in [0.15, 0.2) is 17.3 Å². The summed E-state index contributed by atoms with van der Waals surface area (Å²) in [6.07, 6.45) is 0.0118. The highest BCUT2D eigenvalue weighted by molar-refractivity contribution is 7.21. The summed E-state index contributed by atoms with van der Waals surface area (Å²) in [7, 11) is 2.64. The summed E-state index contributed by atoms with van der Waals surface area (Å²) in [6.45, 7) is 1.62. The van der Waals surface area contributed by atoms with E-state index in [2.05, 4.69) is 4.74 Å². The minimum absolute atomic E-state index is 0.0118. The lowest BCUT2D eigenvalue weighted by molar-refractivity contribution is -0.144. The summed E-state index contributed by atoms with van der Waals surface area (Å²) in [5.41, 5.74) is 0. The number of phenolic OH excluding ortho intramolecular Hbond substituents is 1. The van der Waals surface area contributed by atoms with Crippen molar-refractivity contribution < 1.29 is 24.2 Å². The molecule has 1 N–H and O–H groups in total. The molecule has 0 saturated carbocycles. The molecule has 0 aliphatic carbocycles. The van der Waals surface area contributed by atoms with Crippen LogP contribution in [-0.2, 0) is 9.53 Å². The van der Waals surface area contributed by atoms with Gasteiger partial charge in [0.2, 0.25) is 0 Å². The molecule has 5 nitrogen and oxygen atoms in total. The number of phenols is 1. The molecule has 0 unspecified atom stereocenters. The second-order valence-electron chi connectivity index (χ2n) is 4.91. The van der Waals surface area contributed by atoms with Crippen molar-refractivity contribution in [3.05, 3.63) is 21.0 Å². The highest BCUT2D eigenvalue weighted by atomic mass is 35.5. The van der Waals surface area contributed by atoms with Crippen molar-refractivity contribution in [1.82, 2.24) is 0 Å². The minimum Gasteiger partial charge on any atom is -0.503 e. The first kappa shape index (κ1) is 17.8. The number of fused-ring (bicyclic) bond motifs is 1. The Morgan fingerprint density at radius 3 is 2.52 bits per heavy atom. The summed E-state index contributed by atoms with van der Waals surface area (Å²) in [5.74, 6) is -1.43. The Morgan fingerprint density at radius 2 is 1.96 bits per heavy atom. The monoisotopic (exact) mass is 376 g/mol. The number of rotatable bonds is 5. The average Bonchev–Trinajstić information content (AvgIpc) is 2.98. The van der Waals surface area contributed by atoms with E-state index in [-0.39, 0.29) is 33.7 Å². The van der Waals surface area contributed by atoms with Gasteiger partial charge in [-0.25, -0.2) is 0 Å². The Hall–Kier alpha value is -1.50. The van der Waals surface area contributed by atoms with Crippen molar-refractivity contribution in [2.24, 2.45) is 5.92 Å². The molecule has 1 atom stereocenters. The van der Waals surface area contributed by atoms with Gasteiger partial charge in [0.25, 0.3) is 0 Å². The van der Waals surface area contributed by atoms with Gasteiger partial charge >= 0.3 is 5.97 Å². The van der Waals surface area contributed by atoms with E-state index in [0.29, 0.717) is 15.0 Å². The number of ether oxygens (including phenoxy) is 2. The van der Waals surface area contributed by atoms with Crippen molar-refractivity contribution in [2.45, 2.75) is 13.3 Å². The molecule has 0 fully saturated rings. The van der Waals surface area contributed by atoms with Gasteiger partial charge in [-0.15, -0.1) is 11.3 Å². The first-order valence-electron chi connectivity index (χ1n) is 6.60. The van der Waals surface area contributed by atoms with Crippen LogP contribution in [0.4, 0.5) is 0 Å². The van der Waals surface area contributed by atoms with E-state index in [9.17, 15) is 14.7 Å². The normalized spacial score (nSPS) is 12.2. The molecule has 1 aromatic heterocycles. The Labute approximate surface area is 146 Å². The summed E-state index contributed by atoms with van der Waals surface area (Å²) in [5, 5.41) is 10.7. The lowest BCUT2D eigenvalue weighted by Gasteiger charge is -2.08. The number of benzene rings is 1. The van der Waals surface area contributed by atoms with Gasteiger partial charge < -0.3 is 14.6 Å². The summed E-state index contributed by atoms with van der Waals surface area (Å²) in [4.78, 5) is 24.1. The molecule has 0 radical (unpaired) electrons. The number of aromatic hydroxyl groups is 1. The standard InChI is InChI=1S/C15H14Cl2O5S/c1-6(15(20)22-3)4-8(18)9-5-7-10(16)12(19)13(21-2)11(17)14(7)23-9/h5-6,19H,4H2,1-3H3/t6-/m0/s1. The highest BCUT2D eigenvalue weighted by Crippen LogP contribution is 2.49. The first-order valence-corrected chi connectivity index (χ1v) is 8.17. The zero-order valence-corrected chi connectivity index (χ0v) is 14.9. The highest BCUT2D eigenvalue weighted by Gasteiger charge is 2.24. The van der Waals surface area contributed by atoms with E-state index in [1.807, 2.05) is 0 Å². The van der Waals surface area contributed by atoms with E-state index >= 15 is 0 Å². The smallest absolute Gasteiger partial charge is 0.308 e. The van der Waals surface area contributed by atoms with E-state index in [0.717, 1.165) is 11.3 Å². The molecule has 8 heteroatoms. The minimum atomic E-state index is -0.549. The van der Waals surface area contributed by atoms with Crippen LogP contribution in [0.1, 0.15) is 23.0 Å². The van der Waals surface area contributed by atoms with E-state index < -0.39 is 11.9 Å². The maximum Gasteiger partial charge on any atom is 0.308 e. The van der Waals surface area contributed by atoms with Crippen LogP contribution in [0.5, 0.6) is 11.5 Å². The quantitative estimate of drug-likeness (QED) is 0.621. The van der Waals surface area contributed by atoms with Crippen molar-refractivity contribution in [2.75, 3.05) is 14.2 Å². The molecule has 0 spiro atoms. The molecule has 2 aromatic rings. The second kappa shape index (κ2) is 6.95. The molecule has 23 heavy (non-hydrogen) atoms. The van der Waals surface area contributed by atoms with Crippen LogP contribution in [0, 0.1) is 5.92 Å². The number of ketones is 1. The zero-order chi connectivity index (χ0) is 17.3. The van der Waals surface area contributed by atoms with Gasteiger partial charge in [0.05, 0.1) is 34.7 Å². The van der Waals surface area contributed by atoms with Gasteiger partial charge in [-0.2, -0.15) is 0 Å². The number of halogens is 2. The Morgan fingerprint density at radius 1 is 1.30 bits per heavy atom. The molecule has 0 amide bonds. The second-order valence-corrected chi connectivity index (χ2v) is 6.72. The molecule has 2 rings (SSSR count). The van der Waals surface area contributed by atoms with Crippen molar-refractivity contribution in [1.29, 1.82) is 0 Å². The number of esters is 1. The van der Waals surface area contributed by atoms with Crippen molar-refractivity contribution >= 4 is 56.4 Å². The third-order valence-corrected chi connectivity index (χ3v) is 5.41. The molecule has 0 aliphatic heterocycles.